The van der Waals surface area contributed by atoms with Crippen molar-refractivity contribution in [2.24, 2.45) is 0 Å². The van der Waals surface area contributed by atoms with E-state index in [0.29, 0.717) is 17.4 Å². The predicted octanol–water partition coefficient (Wildman–Crippen LogP) is 21.8. The van der Waals surface area contributed by atoms with Crippen LogP contribution in [0.1, 0.15) is 361 Å². The van der Waals surface area contributed by atoms with Crippen LogP contribution in [0.15, 0.2) is 36.5 Å². The number of hydrogen-bond donors (Lipinski definition) is 2. The molecular weight excluding hydrogens is 1010 g/mol. The third-order valence-electron chi connectivity index (χ3n) is 16.3. The van der Waals surface area contributed by atoms with E-state index >= 15 is 0 Å². The summed E-state index contributed by atoms with van der Waals surface area (Å²) in [6, 6.07) is -0.887. The molecule has 1 amide bonds. The molecule has 0 heterocycles. The molecule has 0 aromatic carbocycles. The molecular formula is C71H139N2O6P. The Balaban J connectivity index is 4.05. The number of likely N-dealkylation sites (N-methyl/N-ethyl adjacent to an activating group) is 1. The van der Waals surface area contributed by atoms with Gasteiger partial charge in [0.25, 0.3) is 7.82 Å². The molecule has 9 heteroatoms. The number of quaternary nitrogens is 1. The summed E-state index contributed by atoms with van der Waals surface area (Å²) in [5.41, 5.74) is 0. The Morgan fingerprint density at radius 3 is 1.04 bits per heavy atom. The number of rotatable bonds is 66. The van der Waals surface area contributed by atoms with Crippen LogP contribution in [0, 0.1) is 0 Å². The van der Waals surface area contributed by atoms with Crippen molar-refractivity contribution in [2.45, 2.75) is 373 Å². The lowest BCUT2D eigenvalue weighted by Gasteiger charge is -2.29. The topological polar surface area (TPSA) is 108 Å². The fraction of sp³-hybridized carbons (Fsp3) is 0.901. The van der Waals surface area contributed by atoms with E-state index in [9.17, 15) is 19.4 Å². The number of unbranched alkanes of at least 4 members (excludes halogenated alkanes) is 49. The van der Waals surface area contributed by atoms with Crippen molar-refractivity contribution < 1.29 is 32.9 Å². The minimum absolute atomic E-state index is 0.000814. The minimum Gasteiger partial charge on any atom is -0.756 e. The summed E-state index contributed by atoms with van der Waals surface area (Å²) < 4.78 is 23.5. The number of allylic oxidation sites excluding steroid dienone is 5. The zero-order valence-electron chi connectivity index (χ0n) is 54.3. The van der Waals surface area contributed by atoms with Crippen LogP contribution in [0.2, 0.25) is 0 Å². The Morgan fingerprint density at radius 2 is 0.725 bits per heavy atom. The van der Waals surface area contributed by atoms with Crippen molar-refractivity contribution in [2.75, 3.05) is 40.9 Å². The number of phosphoric acid groups is 1. The van der Waals surface area contributed by atoms with Gasteiger partial charge in [-0.1, -0.05) is 339 Å². The number of nitrogens with one attached hydrogen (secondary N) is 1. The smallest absolute Gasteiger partial charge is 0.268 e. The fourth-order valence-corrected chi connectivity index (χ4v) is 11.6. The maximum Gasteiger partial charge on any atom is 0.268 e. The first-order chi connectivity index (χ1) is 39.0. The summed E-state index contributed by atoms with van der Waals surface area (Å²) in [6.07, 6.45) is 82.7. The number of aliphatic hydroxyl groups excluding tert-OH is 1. The van der Waals surface area contributed by atoms with Crippen molar-refractivity contribution in [1.29, 1.82) is 0 Å². The lowest BCUT2D eigenvalue weighted by atomic mass is 10.0. The van der Waals surface area contributed by atoms with E-state index in [1.54, 1.807) is 6.08 Å². The van der Waals surface area contributed by atoms with E-state index in [0.717, 1.165) is 44.9 Å². The van der Waals surface area contributed by atoms with E-state index in [4.69, 9.17) is 9.05 Å². The highest BCUT2D eigenvalue weighted by Crippen LogP contribution is 2.38. The van der Waals surface area contributed by atoms with Crippen LogP contribution in [0.25, 0.3) is 0 Å². The van der Waals surface area contributed by atoms with E-state index in [1.165, 1.54) is 295 Å². The molecule has 0 aliphatic carbocycles. The average Bonchev–Trinajstić information content (AvgIpc) is 3.42. The van der Waals surface area contributed by atoms with Gasteiger partial charge < -0.3 is 28.8 Å². The molecule has 474 valence electrons. The van der Waals surface area contributed by atoms with Gasteiger partial charge in [0.2, 0.25) is 5.91 Å². The van der Waals surface area contributed by atoms with Crippen LogP contribution in [-0.2, 0) is 18.4 Å². The highest BCUT2D eigenvalue weighted by atomic mass is 31.2. The molecule has 0 radical (unpaired) electrons. The maximum absolute atomic E-state index is 13.0. The number of carbonyl (C=O) groups is 1. The number of phosphoric ester groups is 1. The van der Waals surface area contributed by atoms with E-state index in [2.05, 4.69) is 43.5 Å². The number of aliphatic hydroxyl groups is 1. The van der Waals surface area contributed by atoms with E-state index in [1.807, 2.05) is 27.2 Å². The molecule has 0 saturated carbocycles. The van der Waals surface area contributed by atoms with Gasteiger partial charge in [-0.15, -0.1) is 0 Å². The molecule has 0 aliphatic rings. The summed E-state index contributed by atoms with van der Waals surface area (Å²) >= 11 is 0. The molecule has 3 unspecified atom stereocenters. The van der Waals surface area contributed by atoms with E-state index in [-0.39, 0.29) is 19.1 Å². The SMILES string of the molecule is CCCCCCC/C=C\C/C=C\CCCCCCCCCCCCCCCCCCCC(=O)NC(COP(=O)([O-])OCC[N+](C)(C)C)C(O)/C=C/CCCCCCCCCCCCCCCCCCCCCCCCCCCCC. The molecule has 0 spiro atoms. The third-order valence-corrected chi connectivity index (χ3v) is 17.3. The lowest BCUT2D eigenvalue weighted by Crippen LogP contribution is -2.45. The number of hydrogen-bond acceptors (Lipinski definition) is 6. The van der Waals surface area contributed by atoms with Crippen molar-refractivity contribution in [3.05, 3.63) is 36.5 Å². The zero-order chi connectivity index (χ0) is 58.4. The van der Waals surface area contributed by atoms with Gasteiger partial charge in [-0.2, -0.15) is 0 Å². The molecule has 0 aromatic heterocycles. The zero-order valence-corrected chi connectivity index (χ0v) is 55.2. The van der Waals surface area contributed by atoms with Crippen LogP contribution >= 0.6 is 7.82 Å². The van der Waals surface area contributed by atoms with Gasteiger partial charge in [0.1, 0.15) is 13.2 Å². The summed E-state index contributed by atoms with van der Waals surface area (Å²) in [4.78, 5) is 25.6. The second-order valence-corrected chi connectivity index (χ2v) is 27.0. The van der Waals surface area contributed by atoms with Crippen molar-refractivity contribution in [3.63, 3.8) is 0 Å². The Labute approximate surface area is 499 Å². The Hall–Kier alpha value is -1.28. The van der Waals surface area contributed by atoms with Crippen LogP contribution in [0.5, 0.6) is 0 Å². The highest BCUT2D eigenvalue weighted by molar-refractivity contribution is 7.45. The van der Waals surface area contributed by atoms with Crippen LogP contribution < -0.4 is 10.2 Å². The summed E-state index contributed by atoms with van der Waals surface area (Å²) in [5, 5.41) is 14.0. The van der Waals surface area contributed by atoms with E-state index < -0.39 is 20.0 Å². The van der Waals surface area contributed by atoms with Crippen LogP contribution in [0.4, 0.5) is 0 Å². The molecule has 0 bridgehead atoms. The number of nitrogens with zero attached hydrogens (tertiary/aromatic N) is 1. The summed E-state index contributed by atoms with van der Waals surface area (Å²) in [7, 11) is 1.28. The predicted molar refractivity (Wildman–Crippen MR) is 348 cm³/mol. The Kier molecular flexibility index (Phi) is 61.3. The maximum atomic E-state index is 13.0. The van der Waals surface area contributed by atoms with Crippen LogP contribution in [0.3, 0.4) is 0 Å². The quantitative estimate of drug-likeness (QED) is 0.0272. The lowest BCUT2D eigenvalue weighted by molar-refractivity contribution is -0.870. The second-order valence-electron chi connectivity index (χ2n) is 25.6. The first kappa shape index (κ1) is 78.7. The van der Waals surface area contributed by atoms with Crippen molar-refractivity contribution >= 4 is 13.7 Å². The average molecular weight is 1150 g/mol. The van der Waals surface area contributed by atoms with Gasteiger partial charge in [0, 0.05) is 6.42 Å². The molecule has 0 aliphatic heterocycles. The number of amides is 1. The van der Waals surface area contributed by atoms with Gasteiger partial charge in [0.05, 0.1) is 39.9 Å². The number of carbonyl (C=O) groups excluding carboxylic acids is 1. The van der Waals surface area contributed by atoms with Gasteiger partial charge in [-0.05, 0) is 51.4 Å². The van der Waals surface area contributed by atoms with Crippen molar-refractivity contribution in [3.8, 4) is 0 Å². The molecule has 2 N–H and O–H groups in total. The molecule has 0 fully saturated rings. The minimum atomic E-state index is -4.60. The van der Waals surface area contributed by atoms with Gasteiger partial charge in [-0.25, -0.2) is 0 Å². The fourth-order valence-electron chi connectivity index (χ4n) is 10.8. The Bertz CT molecular complexity index is 1400. The molecule has 3 atom stereocenters. The van der Waals surface area contributed by atoms with Crippen molar-refractivity contribution in [1.82, 2.24) is 5.32 Å². The molecule has 8 nitrogen and oxygen atoms in total. The van der Waals surface area contributed by atoms with Gasteiger partial charge in [-0.3, -0.25) is 9.36 Å². The van der Waals surface area contributed by atoms with Crippen LogP contribution in [-0.4, -0.2) is 68.5 Å². The first-order valence-corrected chi connectivity index (χ1v) is 36.8. The second kappa shape index (κ2) is 62.3. The third kappa shape index (κ3) is 64.3. The monoisotopic (exact) mass is 1150 g/mol. The Morgan fingerprint density at radius 1 is 0.438 bits per heavy atom. The molecule has 80 heavy (non-hydrogen) atoms. The first-order valence-electron chi connectivity index (χ1n) is 35.4. The summed E-state index contributed by atoms with van der Waals surface area (Å²) in [6.45, 7) is 4.70. The van der Waals surface area contributed by atoms with Gasteiger partial charge in [0.15, 0.2) is 0 Å². The standard InChI is InChI=1S/C71H139N2O6P/c1-6-8-10-12-14-16-18-20-22-24-26-28-30-32-34-36-38-40-42-44-46-48-50-52-54-56-58-60-62-64-70(74)69(68-79-80(76,77)78-67-66-73(3,4)5)72-71(75)65-63-61-59-57-55-53-51-49-47-45-43-41-39-37-35-33-31-29-27-25-23-21-19-17-15-13-11-9-7-2/h19,21,25,27,62,64,69-70,74H,6-18,20,22-24,26,28-61,63,65-68H2,1-5H3,(H-,72,75,76,77)/b21-19-,27-25-,64-62+. The normalized spacial score (nSPS) is 13.8. The highest BCUT2D eigenvalue weighted by Gasteiger charge is 2.23. The molecule has 0 rings (SSSR count). The largest absolute Gasteiger partial charge is 0.756 e. The summed E-state index contributed by atoms with van der Waals surface area (Å²) in [5.74, 6) is -0.191. The molecule has 0 saturated heterocycles. The van der Waals surface area contributed by atoms with Gasteiger partial charge >= 0.3 is 0 Å². The molecule has 0 aromatic rings.